The van der Waals surface area contributed by atoms with Gasteiger partial charge in [0.25, 0.3) is 5.91 Å². The molecule has 29 heavy (non-hydrogen) atoms. The molecule has 0 radical (unpaired) electrons. The molecule has 0 spiro atoms. The Morgan fingerprint density at radius 3 is 2.69 bits per heavy atom. The Hall–Kier alpha value is -2.93. The molecule has 0 unspecified atom stereocenters. The van der Waals surface area contributed by atoms with Crippen LogP contribution in [0.2, 0.25) is 0 Å². The molecule has 1 amide bonds. The Labute approximate surface area is 170 Å². The molecule has 0 fully saturated rings. The summed E-state index contributed by atoms with van der Waals surface area (Å²) < 4.78 is 0. The Balaban J connectivity index is 1.87. The van der Waals surface area contributed by atoms with Gasteiger partial charge in [0.2, 0.25) is 0 Å². The zero-order valence-corrected chi connectivity index (χ0v) is 17.3. The first kappa shape index (κ1) is 19.4. The Bertz CT molecular complexity index is 1050. The molecule has 7 nitrogen and oxygen atoms in total. The summed E-state index contributed by atoms with van der Waals surface area (Å²) in [6, 6.07) is 4.27. The molecule has 0 bridgehead atoms. The number of hydrogen-bond donors (Lipinski definition) is 2. The second-order valence-electron chi connectivity index (χ2n) is 8.07. The third-order valence-corrected chi connectivity index (χ3v) is 5.70. The fourth-order valence-electron chi connectivity index (χ4n) is 4.07. The van der Waals surface area contributed by atoms with Crippen molar-refractivity contribution in [3.63, 3.8) is 0 Å². The maximum atomic E-state index is 12.3. The predicted octanol–water partition coefficient (Wildman–Crippen LogP) is 2.60. The number of rotatable bonds is 6. The number of aromatic nitrogens is 3. The lowest BCUT2D eigenvalue weighted by Gasteiger charge is -2.25. The number of amides is 1. The number of hydrogen-bond acceptors (Lipinski definition) is 5. The number of benzene rings is 1. The molecule has 2 aromatic heterocycles. The van der Waals surface area contributed by atoms with E-state index in [2.05, 4.69) is 25.8 Å². The molecule has 1 aromatic carbocycles. The van der Waals surface area contributed by atoms with Gasteiger partial charge in [0.1, 0.15) is 0 Å². The number of nitrogens with two attached hydrogens (primary N) is 1. The number of likely N-dealkylation sites (N-methyl/N-ethyl adjacent to an activating group) is 2. The van der Waals surface area contributed by atoms with Gasteiger partial charge in [0, 0.05) is 43.2 Å². The second kappa shape index (κ2) is 7.83. The first-order chi connectivity index (χ1) is 14.0. The number of nitrogens with one attached hydrogen (secondary N) is 1. The molecule has 7 heteroatoms. The number of pyridine rings is 1. The summed E-state index contributed by atoms with van der Waals surface area (Å²) in [6.07, 6.45) is 8.07. The third-order valence-electron chi connectivity index (χ3n) is 5.70. The van der Waals surface area contributed by atoms with Crippen LogP contribution in [0.15, 0.2) is 24.7 Å². The molecule has 4 rings (SSSR count). The number of fused-ring (bicyclic) bond motifs is 2. The van der Waals surface area contributed by atoms with Gasteiger partial charge in [-0.3, -0.25) is 9.78 Å². The summed E-state index contributed by atoms with van der Waals surface area (Å²) >= 11 is 0. The molecule has 0 saturated heterocycles. The van der Waals surface area contributed by atoms with Crippen molar-refractivity contribution >= 4 is 22.6 Å². The molecule has 1 aliphatic rings. The zero-order valence-electron chi connectivity index (χ0n) is 17.3. The maximum absolute atomic E-state index is 12.3. The minimum absolute atomic E-state index is 0.457. The van der Waals surface area contributed by atoms with Crippen molar-refractivity contribution in [2.45, 2.75) is 25.7 Å². The van der Waals surface area contributed by atoms with Gasteiger partial charge < -0.3 is 20.5 Å². The SMILES string of the molecule is CN(C)CCN(C)c1cc(-c2cnc3c(c2)CCCC3)c2nc[nH]c2c1C(N)=O. The van der Waals surface area contributed by atoms with Gasteiger partial charge in [-0.1, -0.05) is 0 Å². The molecule has 1 aliphatic carbocycles. The summed E-state index contributed by atoms with van der Waals surface area (Å²) in [5, 5.41) is 0. The largest absolute Gasteiger partial charge is 0.373 e. The van der Waals surface area contributed by atoms with Crippen molar-refractivity contribution in [3.8, 4) is 11.1 Å². The van der Waals surface area contributed by atoms with Crippen LogP contribution >= 0.6 is 0 Å². The van der Waals surface area contributed by atoms with Crippen LogP contribution in [0.5, 0.6) is 0 Å². The summed E-state index contributed by atoms with van der Waals surface area (Å²) in [5.41, 5.74) is 13.0. The van der Waals surface area contributed by atoms with Crippen LogP contribution in [-0.4, -0.2) is 60.0 Å². The number of aryl methyl sites for hydroxylation is 2. The highest BCUT2D eigenvalue weighted by molar-refractivity contribution is 6.12. The van der Waals surface area contributed by atoms with Crippen molar-refractivity contribution in [1.82, 2.24) is 19.9 Å². The summed E-state index contributed by atoms with van der Waals surface area (Å²) in [5.74, 6) is -0.457. The molecular weight excluding hydrogens is 364 g/mol. The van der Waals surface area contributed by atoms with Crippen LogP contribution < -0.4 is 10.6 Å². The lowest BCUT2D eigenvalue weighted by atomic mass is 9.92. The zero-order chi connectivity index (χ0) is 20.5. The topological polar surface area (TPSA) is 91.1 Å². The molecular formula is C22H28N6O. The van der Waals surface area contributed by atoms with E-state index in [4.69, 9.17) is 10.7 Å². The second-order valence-corrected chi connectivity index (χ2v) is 8.07. The van der Waals surface area contributed by atoms with E-state index in [0.29, 0.717) is 11.1 Å². The van der Waals surface area contributed by atoms with Crippen LogP contribution in [0, 0.1) is 0 Å². The number of nitrogens with zero attached hydrogens (tertiary/aromatic N) is 4. The average molecular weight is 393 g/mol. The van der Waals surface area contributed by atoms with Gasteiger partial charge in [-0.2, -0.15) is 0 Å². The predicted molar refractivity (Wildman–Crippen MR) is 116 cm³/mol. The van der Waals surface area contributed by atoms with Gasteiger partial charge in [0.05, 0.1) is 28.6 Å². The summed E-state index contributed by atoms with van der Waals surface area (Å²) in [6.45, 7) is 1.64. The smallest absolute Gasteiger partial charge is 0.253 e. The van der Waals surface area contributed by atoms with Gasteiger partial charge in [-0.15, -0.1) is 0 Å². The standard InChI is InChI=1S/C22H28N6O/c1-27(2)8-9-28(3)18-11-16(20-21(26-13-25-20)19(18)22(23)29)15-10-14-6-4-5-7-17(14)24-12-15/h10-13H,4-9H2,1-3H3,(H2,23,29)(H,25,26). The van der Waals surface area contributed by atoms with Crippen LogP contribution in [0.4, 0.5) is 5.69 Å². The average Bonchev–Trinajstić information content (AvgIpc) is 3.19. The van der Waals surface area contributed by atoms with Crippen molar-refractivity contribution in [2.24, 2.45) is 5.73 Å². The van der Waals surface area contributed by atoms with E-state index in [-0.39, 0.29) is 0 Å². The van der Waals surface area contributed by atoms with Gasteiger partial charge in [-0.25, -0.2) is 4.98 Å². The van der Waals surface area contributed by atoms with E-state index in [0.717, 1.165) is 48.3 Å². The van der Waals surface area contributed by atoms with Gasteiger partial charge >= 0.3 is 0 Å². The number of carbonyl (C=O) groups excluding carboxylic acids is 1. The summed E-state index contributed by atoms with van der Waals surface area (Å²) in [7, 11) is 6.05. The van der Waals surface area contributed by atoms with E-state index in [1.807, 2.05) is 33.4 Å². The van der Waals surface area contributed by atoms with Crippen LogP contribution in [0.3, 0.4) is 0 Å². The Morgan fingerprint density at radius 2 is 1.93 bits per heavy atom. The van der Waals surface area contributed by atoms with E-state index >= 15 is 0 Å². The molecule has 3 N–H and O–H groups in total. The molecule has 2 heterocycles. The molecule has 0 saturated carbocycles. The highest BCUT2D eigenvalue weighted by Gasteiger charge is 2.22. The number of primary amides is 1. The number of H-pyrrole nitrogens is 1. The summed E-state index contributed by atoms with van der Waals surface area (Å²) in [4.78, 5) is 28.9. The van der Waals surface area contributed by atoms with Crippen LogP contribution in [0.25, 0.3) is 22.2 Å². The normalized spacial score (nSPS) is 13.7. The van der Waals surface area contributed by atoms with E-state index in [9.17, 15) is 4.79 Å². The van der Waals surface area contributed by atoms with Crippen molar-refractivity contribution < 1.29 is 4.79 Å². The van der Waals surface area contributed by atoms with E-state index < -0.39 is 5.91 Å². The lowest BCUT2D eigenvalue weighted by molar-refractivity contribution is 0.100. The third kappa shape index (κ3) is 3.70. The fraction of sp³-hybridized carbons (Fsp3) is 0.409. The highest BCUT2D eigenvalue weighted by Crippen LogP contribution is 2.36. The van der Waals surface area contributed by atoms with Crippen LogP contribution in [0.1, 0.15) is 34.5 Å². The van der Waals surface area contributed by atoms with Gasteiger partial charge in [-0.05, 0) is 57.5 Å². The first-order valence-electron chi connectivity index (χ1n) is 10.1. The molecule has 0 atom stereocenters. The number of anilines is 1. The molecule has 152 valence electrons. The highest BCUT2D eigenvalue weighted by atomic mass is 16.1. The van der Waals surface area contributed by atoms with Crippen molar-refractivity contribution in [3.05, 3.63) is 41.5 Å². The monoisotopic (exact) mass is 392 g/mol. The van der Waals surface area contributed by atoms with Crippen molar-refractivity contribution in [1.29, 1.82) is 0 Å². The van der Waals surface area contributed by atoms with Gasteiger partial charge in [0.15, 0.2) is 0 Å². The minimum Gasteiger partial charge on any atom is -0.373 e. The molecule has 0 aliphatic heterocycles. The van der Waals surface area contributed by atoms with Crippen LogP contribution in [-0.2, 0) is 12.8 Å². The molecule has 3 aromatic rings. The van der Waals surface area contributed by atoms with E-state index in [1.54, 1.807) is 6.33 Å². The lowest BCUT2D eigenvalue weighted by Crippen LogP contribution is -2.30. The first-order valence-corrected chi connectivity index (χ1v) is 10.1. The fourth-order valence-corrected chi connectivity index (χ4v) is 4.07. The minimum atomic E-state index is -0.457. The number of imidazole rings is 1. The maximum Gasteiger partial charge on any atom is 0.253 e. The Kier molecular flexibility index (Phi) is 5.24. The van der Waals surface area contributed by atoms with Crippen molar-refractivity contribution in [2.75, 3.05) is 39.1 Å². The number of aromatic amines is 1. The number of carbonyl (C=O) groups is 1. The Morgan fingerprint density at radius 1 is 1.14 bits per heavy atom. The van der Waals surface area contributed by atoms with E-state index in [1.165, 1.54) is 24.1 Å². The quantitative estimate of drug-likeness (QED) is 0.673.